The molecule has 0 N–H and O–H groups in total. The predicted octanol–water partition coefficient (Wildman–Crippen LogP) is 1.77. The summed E-state index contributed by atoms with van der Waals surface area (Å²) in [5.74, 6) is -1.20. The second-order valence-electron chi connectivity index (χ2n) is 4.79. The zero-order valence-electron chi connectivity index (χ0n) is 11.7. The van der Waals surface area contributed by atoms with Crippen molar-refractivity contribution in [2.75, 3.05) is 14.1 Å². The summed E-state index contributed by atoms with van der Waals surface area (Å²) in [5.41, 5.74) is 1.04. The molecule has 20 heavy (non-hydrogen) atoms. The van der Waals surface area contributed by atoms with E-state index < -0.39 is 17.8 Å². The van der Waals surface area contributed by atoms with E-state index in [1.54, 1.807) is 6.08 Å². The number of allylic oxidation sites excluding steroid dienone is 1. The van der Waals surface area contributed by atoms with E-state index in [0.29, 0.717) is 0 Å². The number of imide groups is 2. The Balaban J connectivity index is 2.35. The fraction of sp³-hybridized carbons (Fsp3) is 0.267. The number of nitrogens with zero attached hydrogens (tertiary/aromatic N) is 2. The molecule has 1 aromatic carbocycles. The maximum atomic E-state index is 12.0. The lowest BCUT2D eigenvalue weighted by atomic mass is 9.97. The molecule has 1 aromatic rings. The van der Waals surface area contributed by atoms with Gasteiger partial charge in [-0.3, -0.25) is 19.4 Å². The summed E-state index contributed by atoms with van der Waals surface area (Å²) >= 11 is 0. The first-order valence-corrected chi connectivity index (χ1v) is 6.30. The first-order chi connectivity index (χ1) is 9.43. The van der Waals surface area contributed by atoms with Crippen molar-refractivity contribution >= 4 is 17.8 Å². The van der Waals surface area contributed by atoms with E-state index >= 15 is 0 Å². The van der Waals surface area contributed by atoms with Crippen molar-refractivity contribution in [3.8, 4) is 0 Å². The highest BCUT2D eigenvalue weighted by molar-refractivity contribution is 6.28. The van der Waals surface area contributed by atoms with Gasteiger partial charge in [0.1, 0.15) is 5.57 Å². The van der Waals surface area contributed by atoms with Crippen molar-refractivity contribution in [3.63, 3.8) is 0 Å². The van der Waals surface area contributed by atoms with Gasteiger partial charge in [0.25, 0.3) is 11.8 Å². The van der Waals surface area contributed by atoms with Gasteiger partial charge >= 0.3 is 6.03 Å². The Morgan fingerprint density at radius 1 is 0.950 bits per heavy atom. The fourth-order valence-corrected chi connectivity index (χ4v) is 2.10. The van der Waals surface area contributed by atoms with Gasteiger partial charge in [-0.2, -0.15) is 0 Å². The zero-order valence-corrected chi connectivity index (χ0v) is 11.7. The van der Waals surface area contributed by atoms with Crippen LogP contribution in [0.4, 0.5) is 4.79 Å². The Morgan fingerprint density at radius 3 is 1.95 bits per heavy atom. The summed E-state index contributed by atoms with van der Waals surface area (Å²) in [7, 11) is 2.74. The molecule has 1 atom stereocenters. The van der Waals surface area contributed by atoms with Crippen LogP contribution >= 0.6 is 0 Å². The molecule has 0 saturated carbocycles. The highest BCUT2D eigenvalue weighted by atomic mass is 16.2. The zero-order chi connectivity index (χ0) is 14.9. The summed E-state index contributed by atoms with van der Waals surface area (Å²) in [6, 6.07) is 8.95. The molecule has 5 nitrogen and oxygen atoms in total. The molecular formula is C15H16N2O3. The van der Waals surface area contributed by atoms with Crippen molar-refractivity contribution in [3.05, 3.63) is 47.5 Å². The molecule has 1 aliphatic heterocycles. The van der Waals surface area contributed by atoms with Crippen LogP contribution < -0.4 is 0 Å². The second kappa shape index (κ2) is 5.28. The molecule has 1 unspecified atom stereocenters. The smallest absolute Gasteiger partial charge is 0.268 e. The average molecular weight is 272 g/mol. The minimum Gasteiger partial charge on any atom is -0.268 e. The molecule has 5 heteroatoms. The molecule has 1 heterocycles. The van der Waals surface area contributed by atoms with Crippen LogP contribution in [0.5, 0.6) is 0 Å². The van der Waals surface area contributed by atoms with E-state index in [4.69, 9.17) is 0 Å². The number of hydrogen-bond acceptors (Lipinski definition) is 3. The first-order valence-electron chi connectivity index (χ1n) is 6.30. The molecule has 4 amide bonds. The molecule has 104 valence electrons. The maximum Gasteiger partial charge on any atom is 0.333 e. The Labute approximate surface area is 117 Å². The van der Waals surface area contributed by atoms with Crippen LogP contribution in [-0.4, -0.2) is 41.7 Å². The molecule has 1 fully saturated rings. The number of carbonyl (C=O) groups excluding carboxylic acids is 3. The minimum atomic E-state index is -0.607. The molecular weight excluding hydrogens is 256 g/mol. The van der Waals surface area contributed by atoms with Crippen molar-refractivity contribution in [2.45, 2.75) is 12.8 Å². The monoisotopic (exact) mass is 272 g/mol. The van der Waals surface area contributed by atoms with Crippen LogP contribution in [0, 0.1) is 0 Å². The number of hydrogen-bond donors (Lipinski definition) is 0. The Kier molecular flexibility index (Phi) is 3.70. The molecule has 0 bridgehead atoms. The number of rotatable bonds is 2. The molecule has 0 aliphatic carbocycles. The number of amides is 4. The van der Waals surface area contributed by atoms with Gasteiger partial charge in [-0.25, -0.2) is 4.79 Å². The van der Waals surface area contributed by atoms with Gasteiger partial charge in [0.05, 0.1) is 0 Å². The summed E-state index contributed by atoms with van der Waals surface area (Å²) < 4.78 is 0. The lowest BCUT2D eigenvalue weighted by Crippen LogP contribution is -2.53. The van der Waals surface area contributed by atoms with Gasteiger partial charge in [-0.1, -0.05) is 43.3 Å². The van der Waals surface area contributed by atoms with Crippen LogP contribution in [0.15, 0.2) is 42.0 Å². The Hall–Kier alpha value is -2.43. The van der Waals surface area contributed by atoms with Gasteiger partial charge in [-0.05, 0) is 5.56 Å². The number of likely N-dealkylation sites (N-methyl/N-ethyl adjacent to an activating group) is 2. The van der Waals surface area contributed by atoms with Crippen molar-refractivity contribution in [2.24, 2.45) is 0 Å². The summed E-state index contributed by atoms with van der Waals surface area (Å²) in [6.07, 6.45) is 1.61. The SMILES string of the molecule is CC(C=C1C(=O)N(C)C(=O)N(C)C1=O)c1ccccc1. The highest BCUT2D eigenvalue weighted by Gasteiger charge is 2.37. The molecule has 0 spiro atoms. The van der Waals surface area contributed by atoms with E-state index in [0.717, 1.165) is 15.4 Å². The topological polar surface area (TPSA) is 57.7 Å². The van der Waals surface area contributed by atoms with Crippen LogP contribution in [0.2, 0.25) is 0 Å². The van der Waals surface area contributed by atoms with E-state index in [2.05, 4.69) is 0 Å². The van der Waals surface area contributed by atoms with Crippen molar-refractivity contribution in [1.29, 1.82) is 0 Å². The van der Waals surface area contributed by atoms with Crippen LogP contribution in [0.25, 0.3) is 0 Å². The Morgan fingerprint density at radius 2 is 1.45 bits per heavy atom. The van der Waals surface area contributed by atoms with E-state index in [9.17, 15) is 14.4 Å². The number of urea groups is 1. The standard InChI is InChI=1S/C15H16N2O3/c1-10(11-7-5-4-6-8-11)9-12-13(18)16(2)15(20)17(3)14(12)19/h4-10H,1-3H3. The quantitative estimate of drug-likeness (QED) is 0.609. The van der Waals surface area contributed by atoms with Gasteiger partial charge < -0.3 is 0 Å². The normalized spacial score (nSPS) is 17.6. The van der Waals surface area contributed by atoms with Crippen LogP contribution in [-0.2, 0) is 9.59 Å². The van der Waals surface area contributed by atoms with Crippen molar-refractivity contribution in [1.82, 2.24) is 9.80 Å². The predicted molar refractivity (Wildman–Crippen MR) is 73.9 cm³/mol. The molecule has 0 aromatic heterocycles. The highest BCUT2D eigenvalue weighted by Crippen LogP contribution is 2.22. The van der Waals surface area contributed by atoms with Gasteiger partial charge in [-0.15, -0.1) is 0 Å². The summed E-state index contributed by atoms with van der Waals surface area (Å²) in [6.45, 7) is 1.90. The largest absolute Gasteiger partial charge is 0.333 e. The third-order valence-corrected chi connectivity index (χ3v) is 3.39. The van der Waals surface area contributed by atoms with Gasteiger partial charge in [0.15, 0.2) is 0 Å². The van der Waals surface area contributed by atoms with Gasteiger partial charge in [0.2, 0.25) is 0 Å². The number of carbonyl (C=O) groups is 3. The molecule has 1 saturated heterocycles. The maximum absolute atomic E-state index is 12.0. The first kappa shape index (κ1) is 14.0. The third-order valence-electron chi connectivity index (χ3n) is 3.39. The third kappa shape index (κ3) is 2.34. The van der Waals surface area contributed by atoms with E-state index in [-0.39, 0.29) is 11.5 Å². The molecule has 0 radical (unpaired) electrons. The summed E-state index contributed by atoms with van der Waals surface area (Å²) in [5, 5.41) is 0. The average Bonchev–Trinajstić information content (AvgIpc) is 2.48. The van der Waals surface area contributed by atoms with E-state index in [1.165, 1.54) is 14.1 Å². The van der Waals surface area contributed by atoms with Crippen LogP contribution in [0.3, 0.4) is 0 Å². The number of barbiturate groups is 1. The number of benzene rings is 1. The minimum absolute atomic E-state index is 0.0333. The summed E-state index contributed by atoms with van der Waals surface area (Å²) in [4.78, 5) is 37.6. The second-order valence-corrected chi connectivity index (χ2v) is 4.79. The van der Waals surface area contributed by atoms with E-state index in [1.807, 2.05) is 37.3 Å². The fourth-order valence-electron chi connectivity index (χ4n) is 2.10. The van der Waals surface area contributed by atoms with Gasteiger partial charge in [0, 0.05) is 20.0 Å². The molecule has 2 rings (SSSR count). The van der Waals surface area contributed by atoms with Crippen LogP contribution in [0.1, 0.15) is 18.4 Å². The lowest BCUT2D eigenvalue weighted by Gasteiger charge is -2.29. The Bertz CT molecular complexity index is 566. The lowest BCUT2D eigenvalue weighted by molar-refractivity contribution is -0.134. The van der Waals surface area contributed by atoms with Crippen molar-refractivity contribution < 1.29 is 14.4 Å². The molecule has 1 aliphatic rings.